The fraction of sp³-hybridized carbons (Fsp3) is 0.300. The number of methoxy groups -OCH3 is 1. The maximum Gasteiger partial charge on any atom is 0.322 e. The van der Waals surface area contributed by atoms with Crippen LogP contribution >= 0.6 is 0 Å². The summed E-state index contributed by atoms with van der Waals surface area (Å²) in [4.78, 5) is 14.9. The number of benzene rings is 2. The number of carbonyl (C=O) groups excluding carboxylic acids is 1. The Balaban J connectivity index is 1.55. The SMILES string of the molecule is COc1cccc([C@@H]2CCCCN2C(=O)Nc2ccc3cn[nH]c3c2)c1. The number of ether oxygens (including phenoxy) is 1. The normalized spacial score (nSPS) is 17.3. The van der Waals surface area contributed by atoms with Crippen molar-refractivity contribution < 1.29 is 9.53 Å². The number of rotatable bonds is 3. The van der Waals surface area contributed by atoms with Crippen LogP contribution in [0.25, 0.3) is 10.9 Å². The molecule has 0 bridgehead atoms. The maximum absolute atomic E-state index is 12.9. The van der Waals surface area contributed by atoms with Gasteiger partial charge in [0.05, 0.1) is 24.9 Å². The number of carbonyl (C=O) groups is 1. The number of nitrogens with one attached hydrogen (secondary N) is 2. The minimum Gasteiger partial charge on any atom is -0.497 e. The number of piperidine rings is 1. The predicted octanol–water partition coefficient (Wildman–Crippen LogP) is 4.33. The van der Waals surface area contributed by atoms with Crippen molar-refractivity contribution in [2.24, 2.45) is 0 Å². The molecule has 0 radical (unpaired) electrons. The largest absolute Gasteiger partial charge is 0.497 e. The molecule has 0 saturated carbocycles. The zero-order chi connectivity index (χ0) is 17.9. The molecule has 1 saturated heterocycles. The summed E-state index contributed by atoms with van der Waals surface area (Å²) in [5.41, 5.74) is 2.79. The van der Waals surface area contributed by atoms with E-state index in [1.165, 1.54) is 0 Å². The van der Waals surface area contributed by atoms with E-state index in [0.29, 0.717) is 0 Å². The van der Waals surface area contributed by atoms with Gasteiger partial charge in [-0.15, -0.1) is 0 Å². The number of urea groups is 1. The first kappa shape index (κ1) is 16.4. The molecule has 4 rings (SSSR count). The Bertz CT molecular complexity index is 921. The van der Waals surface area contributed by atoms with Crippen molar-refractivity contribution in [2.75, 3.05) is 19.0 Å². The number of H-pyrrole nitrogens is 1. The molecule has 6 nitrogen and oxygen atoms in total. The van der Waals surface area contributed by atoms with Gasteiger partial charge in [-0.1, -0.05) is 12.1 Å². The molecule has 0 aliphatic carbocycles. The molecule has 134 valence electrons. The minimum absolute atomic E-state index is 0.0646. The number of anilines is 1. The van der Waals surface area contributed by atoms with Crippen molar-refractivity contribution in [3.63, 3.8) is 0 Å². The van der Waals surface area contributed by atoms with Crippen LogP contribution in [-0.2, 0) is 0 Å². The van der Waals surface area contributed by atoms with Crippen molar-refractivity contribution in [2.45, 2.75) is 25.3 Å². The van der Waals surface area contributed by atoms with Crippen LogP contribution in [0.15, 0.2) is 48.7 Å². The number of amides is 2. The molecule has 2 amide bonds. The van der Waals surface area contributed by atoms with Gasteiger partial charge in [0, 0.05) is 17.6 Å². The van der Waals surface area contributed by atoms with Gasteiger partial charge in [0.2, 0.25) is 0 Å². The molecule has 26 heavy (non-hydrogen) atoms. The Morgan fingerprint density at radius 3 is 3.08 bits per heavy atom. The highest BCUT2D eigenvalue weighted by Gasteiger charge is 2.28. The number of fused-ring (bicyclic) bond motifs is 1. The van der Waals surface area contributed by atoms with Crippen LogP contribution in [-0.4, -0.2) is 34.8 Å². The molecule has 1 atom stereocenters. The van der Waals surface area contributed by atoms with Crippen molar-refractivity contribution >= 4 is 22.6 Å². The smallest absolute Gasteiger partial charge is 0.322 e. The minimum atomic E-state index is -0.0728. The summed E-state index contributed by atoms with van der Waals surface area (Å²) >= 11 is 0. The van der Waals surface area contributed by atoms with E-state index in [4.69, 9.17) is 4.74 Å². The highest BCUT2D eigenvalue weighted by Crippen LogP contribution is 2.33. The second-order valence-corrected chi connectivity index (χ2v) is 6.58. The maximum atomic E-state index is 12.9. The van der Waals surface area contributed by atoms with Gasteiger partial charge in [-0.2, -0.15) is 5.10 Å². The van der Waals surface area contributed by atoms with E-state index < -0.39 is 0 Å². The first-order valence-electron chi connectivity index (χ1n) is 8.89. The number of aromatic nitrogens is 2. The lowest BCUT2D eigenvalue weighted by molar-refractivity contribution is 0.163. The lowest BCUT2D eigenvalue weighted by Crippen LogP contribution is -2.41. The Labute approximate surface area is 152 Å². The predicted molar refractivity (Wildman–Crippen MR) is 101 cm³/mol. The fourth-order valence-electron chi connectivity index (χ4n) is 3.58. The zero-order valence-electron chi connectivity index (χ0n) is 14.7. The highest BCUT2D eigenvalue weighted by molar-refractivity contribution is 5.92. The van der Waals surface area contributed by atoms with Gasteiger partial charge in [0.25, 0.3) is 0 Å². The molecule has 2 N–H and O–H groups in total. The molecule has 1 aromatic heterocycles. The Kier molecular flexibility index (Phi) is 4.48. The van der Waals surface area contributed by atoms with Gasteiger partial charge in [0.1, 0.15) is 5.75 Å². The summed E-state index contributed by atoms with van der Waals surface area (Å²) < 4.78 is 5.34. The van der Waals surface area contributed by atoms with Crippen molar-refractivity contribution in [3.8, 4) is 5.75 Å². The number of nitrogens with zero attached hydrogens (tertiary/aromatic N) is 2. The van der Waals surface area contributed by atoms with Gasteiger partial charge in [-0.25, -0.2) is 4.79 Å². The number of hydrogen-bond acceptors (Lipinski definition) is 3. The molecule has 2 heterocycles. The molecule has 2 aromatic carbocycles. The van der Waals surface area contributed by atoms with E-state index in [9.17, 15) is 4.79 Å². The summed E-state index contributed by atoms with van der Waals surface area (Å²) in [5.74, 6) is 0.818. The molecular formula is C20H22N4O2. The van der Waals surface area contributed by atoms with E-state index >= 15 is 0 Å². The van der Waals surface area contributed by atoms with E-state index in [2.05, 4.69) is 21.6 Å². The first-order chi connectivity index (χ1) is 12.7. The van der Waals surface area contributed by atoms with Crippen LogP contribution in [0.2, 0.25) is 0 Å². The van der Waals surface area contributed by atoms with E-state index in [-0.39, 0.29) is 12.1 Å². The van der Waals surface area contributed by atoms with Crippen LogP contribution < -0.4 is 10.1 Å². The molecule has 0 unspecified atom stereocenters. The second-order valence-electron chi connectivity index (χ2n) is 6.58. The molecule has 0 spiro atoms. The molecule has 1 fully saturated rings. The Morgan fingerprint density at radius 1 is 1.27 bits per heavy atom. The number of aromatic amines is 1. The van der Waals surface area contributed by atoms with Crippen molar-refractivity contribution in [1.82, 2.24) is 15.1 Å². The summed E-state index contributed by atoms with van der Waals surface area (Å²) in [5, 5.41) is 11.0. The Hall–Kier alpha value is -3.02. The summed E-state index contributed by atoms with van der Waals surface area (Å²) in [7, 11) is 1.66. The van der Waals surface area contributed by atoms with Crippen molar-refractivity contribution in [3.05, 3.63) is 54.2 Å². The molecule has 3 aromatic rings. The third-order valence-corrected chi connectivity index (χ3v) is 4.94. The number of hydrogen-bond donors (Lipinski definition) is 2. The molecular weight excluding hydrogens is 328 g/mol. The molecule has 1 aliphatic rings. The monoisotopic (exact) mass is 350 g/mol. The first-order valence-corrected chi connectivity index (χ1v) is 8.89. The van der Waals surface area contributed by atoms with Gasteiger partial charge < -0.3 is 15.0 Å². The lowest BCUT2D eigenvalue weighted by Gasteiger charge is -2.36. The summed E-state index contributed by atoms with van der Waals surface area (Å²) in [6.45, 7) is 0.750. The van der Waals surface area contributed by atoms with E-state index in [1.54, 1.807) is 13.3 Å². The third kappa shape index (κ3) is 3.22. The van der Waals surface area contributed by atoms with Crippen LogP contribution in [0.1, 0.15) is 30.9 Å². The second kappa shape index (κ2) is 7.07. The fourth-order valence-corrected chi connectivity index (χ4v) is 3.58. The number of likely N-dealkylation sites (tertiary alicyclic amines) is 1. The average molecular weight is 350 g/mol. The summed E-state index contributed by atoms with van der Waals surface area (Å²) in [6, 6.07) is 13.7. The average Bonchev–Trinajstić information content (AvgIpc) is 3.16. The van der Waals surface area contributed by atoms with Crippen molar-refractivity contribution in [1.29, 1.82) is 0 Å². The standard InChI is InChI=1S/C20H22N4O2/c1-26-17-6-4-5-14(11-17)19-7-2-3-10-24(19)20(25)22-16-9-8-15-13-21-23-18(15)12-16/h4-6,8-9,11-13,19H,2-3,7,10H2,1H3,(H,21,23)(H,22,25)/t19-/m0/s1. The quantitative estimate of drug-likeness (QED) is 0.738. The zero-order valence-corrected chi connectivity index (χ0v) is 14.7. The molecule has 6 heteroatoms. The third-order valence-electron chi connectivity index (χ3n) is 4.94. The van der Waals surface area contributed by atoms with Crippen LogP contribution in [0.5, 0.6) is 5.75 Å². The van der Waals surface area contributed by atoms with E-state index in [1.807, 2.05) is 41.3 Å². The topological polar surface area (TPSA) is 70.2 Å². The van der Waals surface area contributed by atoms with Crippen LogP contribution in [0, 0.1) is 0 Å². The lowest BCUT2D eigenvalue weighted by atomic mass is 9.95. The van der Waals surface area contributed by atoms with Crippen LogP contribution in [0.3, 0.4) is 0 Å². The van der Waals surface area contributed by atoms with Gasteiger partial charge in [-0.3, -0.25) is 5.10 Å². The Morgan fingerprint density at radius 2 is 2.19 bits per heavy atom. The summed E-state index contributed by atoms with van der Waals surface area (Å²) in [6.07, 6.45) is 4.86. The highest BCUT2D eigenvalue weighted by atomic mass is 16.5. The van der Waals surface area contributed by atoms with E-state index in [0.717, 1.165) is 53.7 Å². The molecule has 1 aliphatic heterocycles. The van der Waals surface area contributed by atoms with Crippen LogP contribution in [0.4, 0.5) is 10.5 Å². The van der Waals surface area contributed by atoms with Gasteiger partial charge in [-0.05, 0) is 55.2 Å². The van der Waals surface area contributed by atoms with Gasteiger partial charge >= 0.3 is 6.03 Å². The van der Waals surface area contributed by atoms with Gasteiger partial charge in [0.15, 0.2) is 0 Å².